The standard InChI is InChI=1S/C15H17BrFNO3/c16-11-4-5-13(17)12(8-11)15(21)18-7-1-2-10(9-18)3-6-14(19)20/h4-5,8,10H,1-3,6-7,9H2,(H,19,20)/t10-/m0/s1. The lowest BCUT2D eigenvalue weighted by atomic mass is 9.93. The number of amides is 1. The van der Waals surface area contributed by atoms with Crippen LogP contribution in [0.2, 0.25) is 0 Å². The second-order valence-electron chi connectivity index (χ2n) is 5.32. The molecule has 1 heterocycles. The minimum atomic E-state index is -0.823. The number of carboxylic acid groups (broad SMARTS) is 1. The van der Waals surface area contributed by atoms with Gasteiger partial charge in [-0.25, -0.2) is 4.39 Å². The van der Waals surface area contributed by atoms with Gasteiger partial charge in [-0.2, -0.15) is 0 Å². The van der Waals surface area contributed by atoms with Crippen LogP contribution in [0.25, 0.3) is 0 Å². The first-order valence-electron chi connectivity index (χ1n) is 6.93. The Labute approximate surface area is 131 Å². The van der Waals surface area contributed by atoms with E-state index in [0.29, 0.717) is 24.0 Å². The largest absolute Gasteiger partial charge is 0.481 e. The second kappa shape index (κ2) is 7.02. The monoisotopic (exact) mass is 357 g/mol. The van der Waals surface area contributed by atoms with Crippen LogP contribution in [0.5, 0.6) is 0 Å². The van der Waals surface area contributed by atoms with E-state index < -0.39 is 11.8 Å². The summed E-state index contributed by atoms with van der Waals surface area (Å²) in [5.41, 5.74) is 0.0586. The maximum absolute atomic E-state index is 13.8. The predicted molar refractivity (Wildman–Crippen MR) is 79.6 cm³/mol. The van der Waals surface area contributed by atoms with Gasteiger partial charge in [-0.1, -0.05) is 15.9 Å². The van der Waals surface area contributed by atoms with Crippen molar-refractivity contribution < 1.29 is 19.1 Å². The molecule has 1 amide bonds. The van der Waals surface area contributed by atoms with Gasteiger partial charge in [-0.05, 0) is 43.4 Å². The number of piperidine rings is 1. The van der Waals surface area contributed by atoms with E-state index in [9.17, 15) is 14.0 Å². The van der Waals surface area contributed by atoms with E-state index in [4.69, 9.17) is 5.11 Å². The maximum Gasteiger partial charge on any atom is 0.303 e. The van der Waals surface area contributed by atoms with Gasteiger partial charge >= 0.3 is 5.97 Å². The van der Waals surface area contributed by atoms with E-state index in [2.05, 4.69) is 15.9 Å². The Kier molecular flexibility index (Phi) is 5.33. The molecule has 0 aromatic heterocycles. The van der Waals surface area contributed by atoms with E-state index >= 15 is 0 Å². The third-order valence-corrected chi connectivity index (χ3v) is 4.22. The molecule has 0 aliphatic carbocycles. The molecule has 1 N–H and O–H groups in total. The molecule has 0 bridgehead atoms. The van der Waals surface area contributed by atoms with E-state index in [-0.39, 0.29) is 23.8 Å². The number of carbonyl (C=O) groups is 2. The SMILES string of the molecule is O=C(O)CC[C@@H]1CCCN(C(=O)c2cc(Br)ccc2F)C1. The summed E-state index contributed by atoms with van der Waals surface area (Å²) < 4.78 is 14.4. The molecule has 1 fully saturated rings. The molecule has 1 aliphatic rings. The fourth-order valence-electron chi connectivity index (χ4n) is 2.64. The Hall–Kier alpha value is -1.43. The number of halogens is 2. The molecule has 0 unspecified atom stereocenters. The number of likely N-dealkylation sites (tertiary alicyclic amines) is 1. The number of nitrogens with zero attached hydrogens (tertiary/aromatic N) is 1. The summed E-state index contributed by atoms with van der Waals surface area (Å²) in [5, 5.41) is 8.73. The first kappa shape index (κ1) is 15.9. The van der Waals surface area contributed by atoms with Crippen LogP contribution in [0.1, 0.15) is 36.0 Å². The van der Waals surface area contributed by atoms with Crippen LogP contribution >= 0.6 is 15.9 Å². The highest BCUT2D eigenvalue weighted by Crippen LogP contribution is 2.24. The lowest BCUT2D eigenvalue weighted by Crippen LogP contribution is -2.40. The minimum absolute atomic E-state index is 0.0586. The fraction of sp³-hybridized carbons (Fsp3) is 0.467. The van der Waals surface area contributed by atoms with Gasteiger partial charge in [-0.3, -0.25) is 9.59 Å². The lowest BCUT2D eigenvalue weighted by molar-refractivity contribution is -0.137. The first-order chi connectivity index (χ1) is 9.97. The van der Waals surface area contributed by atoms with Crippen LogP contribution < -0.4 is 0 Å². The zero-order chi connectivity index (χ0) is 15.4. The number of carboxylic acids is 1. The van der Waals surface area contributed by atoms with E-state index in [1.807, 2.05) is 0 Å². The highest BCUT2D eigenvalue weighted by molar-refractivity contribution is 9.10. The summed E-state index contributed by atoms with van der Waals surface area (Å²) in [5.74, 6) is -1.50. The molecule has 1 aliphatic heterocycles. The third-order valence-electron chi connectivity index (χ3n) is 3.73. The molecule has 6 heteroatoms. The lowest BCUT2D eigenvalue weighted by Gasteiger charge is -2.32. The van der Waals surface area contributed by atoms with Crippen LogP contribution in [-0.2, 0) is 4.79 Å². The molecule has 21 heavy (non-hydrogen) atoms. The molecule has 1 saturated heterocycles. The van der Waals surface area contributed by atoms with E-state index in [1.165, 1.54) is 12.1 Å². The number of rotatable bonds is 4. The van der Waals surface area contributed by atoms with Crippen molar-refractivity contribution in [2.24, 2.45) is 5.92 Å². The highest BCUT2D eigenvalue weighted by atomic mass is 79.9. The summed E-state index contributed by atoms with van der Waals surface area (Å²) in [7, 11) is 0. The molecule has 0 spiro atoms. The summed E-state index contributed by atoms with van der Waals surface area (Å²) in [6.45, 7) is 1.09. The molecule has 2 rings (SSSR count). The van der Waals surface area contributed by atoms with Crippen molar-refractivity contribution in [2.45, 2.75) is 25.7 Å². The summed E-state index contributed by atoms with van der Waals surface area (Å²) in [6, 6.07) is 4.31. The molecule has 4 nitrogen and oxygen atoms in total. The summed E-state index contributed by atoms with van der Waals surface area (Å²) in [4.78, 5) is 24.7. The summed E-state index contributed by atoms with van der Waals surface area (Å²) in [6.07, 6.45) is 2.40. The van der Waals surface area contributed by atoms with Gasteiger partial charge in [0.05, 0.1) is 5.56 Å². The van der Waals surface area contributed by atoms with Gasteiger partial charge in [-0.15, -0.1) is 0 Å². The smallest absolute Gasteiger partial charge is 0.303 e. The van der Waals surface area contributed by atoms with Gasteiger partial charge in [0.15, 0.2) is 0 Å². The van der Waals surface area contributed by atoms with Crippen molar-refractivity contribution in [3.05, 3.63) is 34.1 Å². The van der Waals surface area contributed by atoms with Gasteiger partial charge in [0.2, 0.25) is 0 Å². The molecule has 0 radical (unpaired) electrons. The van der Waals surface area contributed by atoms with Crippen LogP contribution in [0.4, 0.5) is 4.39 Å². The van der Waals surface area contributed by atoms with Gasteiger partial charge in [0, 0.05) is 24.0 Å². The Bertz CT molecular complexity index is 550. The van der Waals surface area contributed by atoms with E-state index in [1.54, 1.807) is 11.0 Å². The Balaban J connectivity index is 2.05. The first-order valence-corrected chi connectivity index (χ1v) is 7.73. The second-order valence-corrected chi connectivity index (χ2v) is 6.23. The minimum Gasteiger partial charge on any atom is -0.481 e. The number of aliphatic carboxylic acids is 1. The van der Waals surface area contributed by atoms with Crippen molar-refractivity contribution in [3.63, 3.8) is 0 Å². The topological polar surface area (TPSA) is 57.6 Å². The van der Waals surface area contributed by atoms with Crippen LogP contribution in [0.15, 0.2) is 22.7 Å². The van der Waals surface area contributed by atoms with E-state index in [0.717, 1.165) is 12.8 Å². The van der Waals surface area contributed by atoms with Crippen molar-refractivity contribution in [1.82, 2.24) is 4.90 Å². The van der Waals surface area contributed by atoms with Crippen molar-refractivity contribution >= 4 is 27.8 Å². The summed E-state index contributed by atoms with van der Waals surface area (Å²) >= 11 is 3.24. The Morgan fingerprint density at radius 3 is 2.90 bits per heavy atom. The number of benzene rings is 1. The normalized spacial score (nSPS) is 18.6. The van der Waals surface area contributed by atoms with Crippen molar-refractivity contribution in [3.8, 4) is 0 Å². The van der Waals surface area contributed by atoms with Crippen molar-refractivity contribution in [1.29, 1.82) is 0 Å². The molecule has 1 atom stereocenters. The Morgan fingerprint density at radius 1 is 1.43 bits per heavy atom. The quantitative estimate of drug-likeness (QED) is 0.899. The van der Waals surface area contributed by atoms with Gasteiger partial charge < -0.3 is 10.0 Å². The number of carbonyl (C=O) groups excluding carboxylic acids is 1. The highest BCUT2D eigenvalue weighted by Gasteiger charge is 2.26. The van der Waals surface area contributed by atoms with Crippen LogP contribution in [-0.4, -0.2) is 35.0 Å². The fourth-order valence-corrected chi connectivity index (χ4v) is 3.01. The van der Waals surface area contributed by atoms with Crippen LogP contribution in [0.3, 0.4) is 0 Å². The van der Waals surface area contributed by atoms with Gasteiger partial charge in [0.1, 0.15) is 5.82 Å². The number of hydrogen-bond acceptors (Lipinski definition) is 2. The van der Waals surface area contributed by atoms with Crippen LogP contribution in [0, 0.1) is 11.7 Å². The zero-order valence-corrected chi connectivity index (χ0v) is 13.1. The molecule has 1 aromatic carbocycles. The predicted octanol–water partition coefficient (Wildman–Crippen LogP) is 3.31. The molecule has 0 saturated carbocycles. The van der Waals surface area contributed by atoms with Gasteiger partial charge in [0.25, 0.3) is 5.91 Å². The zero-order valence-electron chi connectivity index (χ0n) is 11.5. The average Bonchev–Trinajstić information content (AvgIpc) is 2.47. The Morgan fingerprint density at radius 2 is 2.19 bits per heavy atom. The molecule has 114 valence electrons. The third kappa shape index (κ3) is 4.27. The average molecular weight is 358 g/mol. The van der Waals surface area contributed by atoms with Crippen molar-refractivity contribution in [2.75, 3.05) is 13.1 Å². The number of hydrogen-bond donors (Lipinski definition) is 1. The maximum atomic E-state index is 13.8. The molecular formula is C15H17BrFNO3. The molecular weight excluding hydrogens is 341 g/mol. The molecule has 1 aromatic rings.